The molecular weight excluding hydrogens is 334 g/mol. The molecule has 0 radical (unpaired) electrons. The number of fused-ring (bicyclic) bond motifs is 3. The highest BCUT2D eigenvalue weighted by atomic mass is 16.5. The summed E-state index contributed by atoms with van der Waals surface area (Å²) >= 11 is 0. The van der Waals surface area contributed by atoms with Gasteiger partial charge in [-0.3, -0.25) is 4.79 Å². The zero-order chi connectivity index (χ0) is 18.6. The minimum atomic E-state index is -0.348. The molecule has 27 heavy (non-hydrogen) atoms. The molecule has 0 aliphatic heterocycles. The van der Waals surface area contributed by atoms with Crippen molar-refractivity contribution in [3.05, 3.63) is 95.6 Å². The summed E-state index contributed by atoms with van der Waals surface area (Å²) in [5, 5.41) is 3.09. The number of esters is 1. The predicted molar refractivity (Wildman–Crippen MR) is 108 cm³/mol. The molecule has 1 aliphatic carbocycles. The summed E-state index contributed by atoms with van der Waals surface area (Å²) in [4.78, 5) is 12.7. The summed E-state index contributed by atoms with van der Waals surface area (Å²) in [5.74, 6) is -0.112. The Morgan fingerprint density at radius 1 is 0.889 bits per heavy atom. The van der Waals surface area contributed by atoms with Crippen LogP contribution >= 0.6 is 0 Å². The molecule has 0 heterocycles. The van der Waals surface area contributed by atoms with Crippen LogP contribution in [0, 0.1) is 0 Å². The molecule has 3 aromatic carbocycles. The first-order valence-corrected chi connectivity index (χ1v) is 9.34. The van der Waals surface area contributed by atoms with Gasteiger partial charge in [-0.05, 0) is 41.3 Å². The van der Waals surface area contributed by atoms with Crippen LogP contribution in [0.4, 0.5) is 0 Å². The second kappa shape index (κ2) is 7.77. The van der Waals surface area contributed by atoms with E-state index in [0.717, 1.165) is 5.56 Å². The highest BCUT2D eigenvalue weighted by Gasteiger charge is 2.30. The third kappa shape index (κ3) is 3.51. The lowest BCUT2D eigenvalue weighted by atomic mass is 9.98. The van der Waals surface area contributed by atoms with Gasteiger partial charge in [0, 0.05) is 5.92 Å². The quantitative estimate of drug-likeness (QED) is 0.673. The van der Waals surface area contributed by atoms with Gasteiger partial charge >= 0.3 is 5.97 Å². The van der Waals surface area contributed by atoms with E-state index in [9.17, 15) is 4.79 Å². The molecule has 0 unspecified atom stereocenters. The monoisotopic (exact) mass is 357 g/mol. The number of carbonyl (C=O) groups is 1. The fourth-order valence-corrected chi connectivity index (χ4v) is 3.86. The van der Waals surface area contributed by atoms with Crippen molar-refractivity contribution < 1.29 is 9.53 Å². The van der Waals surface area contributed by atoms with Crippen LogP contribution in [-0.2, 0) is 16.0 Å². The zero-order valence-electron chi connectivity index (χ0n) is 15.4. The van der Waals surface area contributed by atoms with Crippen LogP contribution in [-0.4, -0.2) is 25.7 Å². The fourth-order valence-electron chi connectivity index (χ4n) is 3.86. The summed E-state index contributed by atoms with van der Waals surface area (Å²) in [6.07, 6.45) is 0.619. The van der Waals surface area contributed by atoms with Gasteiger partial charge < -0.3 is 10.1 Å². The van der Waals surface area contributed by atoms with Gasteiger partial charge in [0.15, 0.2) is 0 Å². The Hall–Kier alpha value is -2.91. The molecule has 0 aromatic heterocycles. The Bertz CT molecular complexity index is 890. The summed E-state index contributed by atoms with van der Waals surface area (Å²) in [6.45, 7) is 0.361. The number of rotatable bonds is 6. The van der Waals surface area contributed by atoms with E-state index in [1.54, 1.807) is 7.05 Å². The maximum atomic E-state index is 12.7. The van der Waals surface area contributed by atoms with Crippen molar-refractivity contribution >= 4 is 5.97 Å². The van der Waals surface area contributed by atoms with Crippen molar-refractivity contribution in [3.8, 4) is 11.1 Å². The first-order chi connectivity index (χ1) is 13.3. The number of ether oxygens (including phenoxy) is 1. The first kappa shape index (κ1) is 17.5. The maximum absolute atomic E-state index is 12.7. The van der Waals surface area contributed by atoms with Crippen LogP contribution in [0.3, 0.4) is 0 Å². The van der Waals surface area contributed by atoms with Crippen LogP contribution in [0.15, 0.2) is 78.9 Å². The lowest BCUT2D eigenvalue weighted by Gasteiger charge is -2.18. The van der Waals surface area contributed by atoms with Gasteiger partial charge in [0.25, 0.3) is 0 Å². The molecule has 1 N–H and O–H groups in total. The number of hydrogen-bond acceptors (Lipinski definition) is 3. The number of carbonyl (C=O) groups excluding carboxylic acids is 1. The van der Waals surface area contributed by atoms with Crippen molar-refractivity contribution in [2.24, 2.45) is 0 Å². The van der Waals surface area contributed by atoms with Crippen LogP contribution in [0.5, 0.6) is 0 Å². The zero-order valence-corrected chi connectivity index (χ0v) is 15.4. The molecule has 0 amide bonds. The molecule has 0 saturated carbocycles. The minimum Gasteiger partial charge on any atom is -0.464 e. The molecule has 4 rings (SSSR count). The highest BCUT2D eigenvalue weighted by molar-refractivity contribution is 5.80. The number of likely N-dealkylation sites (N-methyl/N-ethyl adjacent to an activating group) is 1. The van der Waals surface area contributed by atoms with Crippen LogP contribution in [0.1, 0.15) is 22.6 Å². The normalized spacial score (nSPS) is 13.7. The van der Waals surface area contributed by atoms with E-state index in [1.807, 2.05) is 42.5 Å². The van der Waals surface area contributed by atoms with Crippen LogP contribution in [0.25, 0.3) is 11.1 Å². The molecule has 3 aromatic rings. The minimum absolute atomic E-state index is 0.0931. The van der Waals surface area contributed by atoms with E-state index < -0.39 is 0 Å². The SMILES string of the molecule is CN[C@@H](Cc1ccccc1)C(=O)OCC1c2ccccc2-c2ccccc21. The number of nitrogens with one attached hydrogen (secondary N) is 1. The number of hydrogen-bond donors (Lipinski definition) is 1. The van der Waals surface area contributed by atoms with E-state index in [1.165, 1.54) is 22.3 Å². The van der Waals surface area contributed by atoms with Crippen LogP contribution < -0.4 is 5.32 Å². The van der Waals surface area contributed by atoms with Gasteiger partial charge in [-0.2, -0.15) is 0 Å². The van der Waals surface area contributed by atoms with E-state index >= 15 is 0 Å². The van der Waals surface area contributed by atoms with Crippen LogP contribution in [0.2, 0.25) is 0 Å². The second-order valence-electron chi connectivity index (χ2n) is 6.89. The van der Waals surface area contributed by atoms with E-state index in [2.05, 4.69) is 41.7 Å². The standard InChI is InChI=1S/C24H23NO2/c1-25-23(15-17-9-3-2-4-10-17)24(26)27-16-22-20-13-7-5-11-18(20)19-12-6-8-14-21(19)22/h2-14,22-23,25H,15-16H2,1H3/t23-/m0/s1. The maximum Gasteiger partial charge on any atom is 0.323 e. The Labute approximate surface area is 160 Å². The lowest BCUT2D eigenvalue weighted by Crippen LogP contribution is -2.38. The predicted octanol–water partition coefficient (Wildman–Crippen LogP) is 4.17. The Kier molecular flexibility index (Phi) is 5.03. The second-order valence-corrected chi connectivity index (χ2v) is 6.89. The van der Waals surface area contributed by atoms with Gasteiger partial charge in [-0.1, -0.05) is 78.9 Å². The Balaban J connectivity index is 1.49. The Morgan fingerprint density at radius 2 is 1.44 bits per heavy atom. The lowest BCUT2D eigenvalue weighted by molar-refractivity contribution is -0.146. The average molecular weight is 357 g/mol. The fraction of sp³-hybridized carbons (Fsp3) is 0.208. The molecule has 3 nitrogen and oxygen atoms in total. The van der Waals surface area contributed by atoms with E-state index in [4.69, 9.17) is 4.74 Å². The van der Waals surface area contributed by atoms with E-state index in [-0.39, 0.29) is 17.9 Å². The molecule has 0 bridgehead atoms. The molecule has 0 saturated heterocycles. The summed E-state index contributed by atoms with van der Waals surface area (Å²) < 4.78 is 5.76. The van der Waals surface area contributed by atoms with E-state index in [0.29, 0.717) is 13.0 Å². The van der Waals surface area contributed by atoms with Crippen molar-refractivity contribution in [3.63, 3.8) is 0 Å². The van der Waals surface area contributed by atoms with Crippen molar-refractivity contribution in [2.75, 3.05) is 13.7 Å². The number of benzene rings is 3. The largest absolute Gasteiger partial charge is 0.464 e. The van der Waals surface area contributed by atoms with Crippen molar-refractivity contribution in [2.45, 2.75) is 18.4 Å². The smallest absolute Gasteiger partial charge is 0.323 e. The highest BCUT2D eigenvalue weighted by Crippen LogP contribution is 2.44. The third-order valence-electron chi connectivity index (χ3n) is 5.27. The molecule has 1 aliphatic rings. The van der Waals surface area contributed by atoms with Gasteiger partial charge in [-0.15, -0.1) is 0 Å². The molecule has 136 valence electrons. The van der Waals surface area contributed by atoms with Gasteiger partial charge in [0.2, 0.25) is 0 Å². The van der Waals surface area contributed by atoms with Gasteiger partial charge in [0.05, 0.1) is 0 Å². The Morgan fingerprint density at radius 3 is 2.04 bits per heavy atom. The van der Waals surface area contributed by atoms with Crippen molar-refractivity contribution in [1.82, 2.24) is 5.32 Å². The molecule has 1 atom stereocenters. The topological polar surface area (TPSA) is 38.3 Å². The molecule has 0 fully saturated rings. The van der Waals surface area contributed by atoms with Crippen molar-refractivity contribution in [1.29, 1.82) is 0 Å². The van der Waals surface area contributed by atoms with Gasteiger partial charge in [0.1, 0.15) is 12.6 Å². The summed E-state index contributed by atoms with van der Waals surface area (Å²) in [7, 11) is 1.80. The summed E-state index contributed by atoms with van der Waals surface area (Å²) in [6, 6.07) is 26.4. The molecular formula is C24H23NO2. The molecule has 3 heteroatoms. The van der Waals surface area contributed by atoms with Gasteiger partial charge in [-0.25, -0.2) is 0 Å². The first-order valence-electron chi connectivity index (χ1n) is 9.34. The molecule has 0 spiro atoms. The summed E-state index contributed by atoms with van der Waals surface area (Å²) in [5.41, 5.74) is 6.06. The average Bonchev–Trinajstić information content (AvgIpc) is 3.05. The third-order valence-corrected chi connectivity index (χ3v) is 5.27.